The van der Waals surface area contributed by atoms with Gasteiger partial charge >= 0.3 is 0 Å². The first-order valence-electron chi connectivity index (χ1n) is 8.28. The summed E-state index contributed by atoms with van der Waals surface area (Å²) < 4.78 is 21.2. The van der Waals surface area contributed by atoms with Crippen molar-refractivity contribution in [2.75, 3.05) is 6.61 Å². The lowest BCUT2D eigenvalue weighted by atomic mass is 10.0. The molecule has 1 fully saturated rings. The highest BCUT2D eigenvalue weighted by Gasteiger charge is 2.23. The summed E-state index contributed by atoms with van der Waals surface area (Å²) in [6, 6.07) is 4.17. The Hall–Kier alpha value is -2.76. The summed E-state index contributed by atoms with van der Waals surface area (Å²) >= 11 is 0. The Morgan fingerprint density at radius 3 is 2.88 bits per heavy atom. The summed E-state index contributed by atoms with van der Waals surface area (Å²) in [7, 11) is 1.67. The first-order chi connectivity index (χ1) is 12.0. The monoisotopic (exact) mass is 339 g/mol. The Morgan fingerprint density at radius 2 is 2.12 bits per heavy atom. The molecule has 4 rings (SSSR count). The topological polar surface area (TPSA) is 57.0 Å². The average Bonchev–Trinajstić information content (AvgIpc) is 3.41. The van der Waals surface area contributed by atoms with Gasteiger partial charge in [-0.15, -0.1) is 0 Å². The van der Waals surface area contributed by atoms with Crippen LogP contribution >= 0.6 is 0 Å². The minimum atomic E-state index is -0.395. The van der Waals surface area contributed by atoms with Crippen LogP contribution in [-0.2, 0) is 7.05 Å². The van der Waals surface area contributed by atoms with Gasteiger partial charge in [-0.25, -0.2) is 14.4 Å². The van der Waals surface area contributed by atoms with Gasteiger partial charge in [0.25, 0.3) is 5.56 Å². The Kier molecular flexibility index (Phi) is 3.75. The van der Waals surface area contributed by atoms with Crippen molar-refractivity contribution in [3.63, 3.8) is 0 Å². The SMILES string of the molecule is Cc1ncc(OCC2CC2)c(-c2cn(C)c(=O)c3ccc(F)cc23)n1. The molecule has 1 aliphatic carbocycles. The fraction of sp³-hybridized carbons (Fsp3) is 0.316. The molecular weight excluding hydrogens is 321 g/mol. The minimum Gasteiger partial charge on any atom is -0.489 e. The lowest BCUT2D eigenvalue weighted by Crippen LogP contribution is -2.17. The molecule has 1 saturated carbocycles. The third-order valence-corrected chi connectivity index (χ3v) is 4.45. The van der Waals surface area contributed by atoms with Gasteiger partial charge in [-0.3, -0.25) is 4.79 Å². The van der Waals surface area contributed by atoms with Crippen molar-refractivity contribution in [2.24, 2.45) is 13.0 Å². The van der Waals surface area contributed by atoms with Crippen molar-refractivity contribution >= 4 is 10.8 Å². The van der Waals surface area contributed by atoms with Crippen molar-refractivity contribution in [3.05, 3.63) is 52.6 Å². The molecule has 25 heavy (non-hydrogen) atoms. The molecule has 128 valence electrons. The Bertz CT molecular complexity index is 1030. The molecule has 2 heterocycles. The van der Waals surface area contributed by atoms with E-state index in [1.54, 1.807) is 26.4 Å². The summed E-state index contributed by atoms with van der Waals surface area (Å²) in [5.41, 5.74) is 1.07. The largest absolute Gasteiger partial charge is 0.489 e. The van der Waals surface area contributed by atoms with Crippen LogP contribution in [0.3, 0.4) is 0 Å². The lowest BCUT2D eigenvalue weighted by molar-refractivity contribution is 0.298. The van der Waals surface area contributed by atoms with E-state index >= 15 is 0 Å². The van der Waals surface area contributed by atoms with E-state index in [-0.39, 0.29) is 5.56 Å². The minimum absolute atomic E-state index is 0.176. The highest BCUT2D eigenvalue weighted by Crippen LogP contribution is 2.35. The van der Waals surface area contributed by atoms with Crippen LogP contribution in [0.25, 0.3) is 22.0 Å². The average molecular weight is 339 g/mol. The number of fused-ring (bicyclic) bond motifs is 1. The van der Waals surface area contributed by atoms with E-state index in [9.17, 15) is 9.18 Å². The van der Waals surface area contributed by atoms with E-state index < -0.39 is 5.82 Å². The molecule has 0 saturated heterocycles. The van der Waals surface area contributed by atoms with Crippen molar-refractivity contribution in [1.29, 1.82) is 0 Å². The molecule has 3 aromatic rings. The summed E-state index contributed by atoms with van der Waals surface area (Å²) in [6.07, 6.45) is 5.68. The van der Waals surface area contributed by atoms with Gasteiger partial charge in [-0.2, -0.15) is 0 Å². The molecule has 6 heteroatoms. The van der Waals surface area contributed by atoms with Crippen LogP contribution in [0.1, 0.15) is 18.7 Å². The fourth-order valence-corrected chi connectivity index (χ4v) is 2.88. The maximum absolute atomic E-state index is 13.8. The van der Waals surface area contributed by atoms with E-state index in [2.05, 4.69) is 9.97 Å². The predicted molar refractivity (Wildman–Crippen MR) is 93.1 cm³/mol. The molecule has 1 aliphatic rings. The third kappa shape index (κ3) is 2.99. The zero-order chi connectivity index (χ0) is 17.6. The van der Waals surface area contributed by atoms with E-state index in [1.807, 2.05) is 0 Å². The fourth-order valence-electron chi connectivity index (χ4n) is 2.88. The second-order valence-electron chi connectivity index (χ2n) is 6.53. The number of ether oxygens (including phenoxy) is 1. The second-order valence-corrected chi connectivity index (χ2v) is 6.53. The number of aromatic nitrogens is 3. The Balaban J connectivity index is 1.94. The van der Waals surface area contributed by atoms with Crippen LogP contribution in [0.15, 0.2) is 35.4 Å². The van der Waals surface area contributed by atoms with Crippen LogP contribution in [0.4, 0.5) is 4.39 Å². The van der Waals surface area contributed by atoms with Gasteiger partial charge in [0, 0.05) is 29.6 Å². The maximum atomic E-state index is 13.8. The molecule has 2 aromatic heterocycles. The van der Waals surface area contributed by atoms with Crippen LogP contribution in [-0.4, -0.2) is 21.1 Å². The molecule has 1 aromatic carbocycles. The molecule has 0 radical (unpaired) electrons. The molecule has 5 nitrogen and oxygen atoms in total. The normalized spacial score (nSPS) is 14.0. The van der Waals surface area contributed by atoms with E-state index in [1.165, 1.54) is 35.6 Å². The van der Waals surface area contributed by atoms with Crippen LogP contribution in [0.2, 0.25) is 0 Å². The number of benzene rings is 1. The first-order valence-corrected chi connectivity index (χ1v) is 8.28. The van der Waals surface area contributed by atoms with Gasteiger partial charge in [0.15, 0.2) is 5.75 Å². The van der Waals surface area contributed by atoms with E-state index in [4.69, 9.17) is 4.74 Å². The smallest absolute Gasteiger partial charge is 0.258 e. The predicted octanol–water partition coefficient (Wildman–Crippen LogP) is 3.23. The molecule has 0 bridgehead atoms. The van der Waals surface area contributed by atoms with Crippen LogP contribution in [0.5, 0.6) is 5.75 Å². The van der Waals surface area contributed by atoms with Gasteiger partial charge in [0.2, 0.25) is 0 Å². The quantitative estimate of drug-likeness (QED) is 0.732. The number of halogens is 1. The maximum Gasteiger partial charge on any atom is 0.258 e. The summed E-state index contributed by atoms with van der Waals surface area (Å²) in [5.74, 6) is 1.34. The highest BCUT2D eigenvalue weighted by atomic mass is 19.1. The molecule has 0 unspecified atom stereocenters. The second kappa shape index (κ2) is 5.95. The van der Waals surface area contributed by atoms with Gasteiger partial charge in [-0.1, -0.05) is 0 Å². The number of rotatable bonds is 4. The third-order valence-electron chi connectivity index (χ3n) is 4.45. The molecule has 0 N–H and O–H groups in total. The molecule has 0 amide bonds. The Labute approximate surface area is 144 Å². The van der Waals surface area contributed by atoms with Crippen LogP contribution in [0, 0.1) is 18.7 Å². The molecule has 0 aliphatic heterocycles. The van der Waals surface area contributed by atoms with E-state index in [0.29, 0.717) is 46.1 Å². The number of hydrogen-bond donors (Lipinski definition) is 0. The zero-order valence-corrected chi connectivity index (χ0v) is 14.1. The molecule has 0 spiro atoms. The number of aryl methyl sites for hydroxylation is 2. The van der Waals surface area contributed by atoms with Gasteiger partial charge < -0.3 is 9.30 Å². The van der Waals surface area contributed by atoms with Crippen molar-refractivity contribution in [3.8, 4) is 17.0 Å². The zero-order valence-electron chi connectivity index (χ0n) is 14.1. The summed E-state index contributed by atoms with van der Waals surface area (Å²) in [6.45, 7) is 2.41. The van der Waals surface area contributed by atoms with Gasteiger partial charge in [-0.05, 0) is 43.9 Å². The first kappa shape index (κ1) is 15.7. The van der Waals surface area contributed by atoms with Crippen molar-refractivity contribution in [2.45, 2.75) is 19.8 Å². The Morgan fingerprint density at radius 1 is 1.32 bits per heavy atom. The highest BCUT2D eigenvalue weighted by molar-refractivity contribution is 5.96. The van der Waals surface area contributed by atoms with Crippen LogP contribution < -0.4 is 10.3 Å². The number of hydrogen-bond acceptors (Lipinski definition) is 4. The number of pyridine rings is 1. The summed E-state index contributed by atoms with van der Waals surface area (Å²) in [5, 5.41) is 0.975. The van der Waals surface area contributed by atoms with E-state index in [0.717, 1.165) is 0 Å². The van der Waals surface area contributed by atoms with Crippen molar-refractivity contribution in [1.82, 2.24) is 14.5 Å². The standard InChI is InChI=1S/C19H18FN3O2/c1-11-21-8-17(25-10-12-3-4-12)18(22-11)16-9-23(2)19(24)14-6-5-13(20)7-15(14)16/h5-9,12H,3-4,10H2,1-2H3. The molecular formula is C19H18FN3O2. The van der Waals surface area contributed by atoms with Crippen molar-refractivity contribution < 1.29 is 9.13 Å². The molecule has 0 atom stereocenters. The number of nitrogens with zero attached hydrogens (tertiary/aromatic N) is 3. The van der Waals surface area contributed by atoms with Gasteiger partial charge in [0.1, 0.15) is 17.3 Å². The lowest BCUT2D eigenvalue weighted by Gasteiger charge is -2.14. The van der Waals surface area contributed by atoms with Gasteiger partial charge in [0.05, 0.1) is 12.8 Å². The summed E-state index contributed by atoms with van der Waals surface area (Å²) in [4.78, 5) is 21.1.